The van der Waals surface area contributed by atoms with E-state index in [9.17, 15) is 13.2 Å². The average molecular weight is 479 g/mol. The van der Waals surface area contributed by atoms with Crippen LogP contribution in [0, 0.1) is 5.41 Å². The van der Waals surface area contributed by atoms with Crippen LogP contribution in [0.3, 0.4) is 0 Å². The molecule has 3 aromatic rings. The highest BCUT2D eigenvalue weighted by Gasteiger charge is 2.38. The average Bonchev–Trinajstić information content (AvgIpc) is 3.42. The van der Waals surface area contributed by atoms with E-state index in [1.54, 1.807) is 62.0 Å². The van der Waals surface area contributed by atoms with Gasteiger partial charge < -0.3 is 20.1 Å². The van der Waals surface area contributed by atoms with Crippen molar-refractivity contribution in [2.75, 3.05) is 19.4 Å². The summed E-state index contributed by atoms with van der Waals surface area (Å²) in [6.45, 7) is 1.90. The van der Waals surface area contributed by atoms with Gasteiger partial charge in [0.05, 0.1) is 11.1 Å². The molecule has 0 saturated heterocycles. The first-order valence-electron chi connectivity index (χ1n) is 9.54. The molecule has 174 valence electrons. The molecular weight excluding hydrogens is 457 g/mol. The van der Waals surface area contributed by atoms with Gasteiger partial charge in [0, 0.05) is 50.1 Å². The van der Waals surface area contributed by atoms with Crippen LogP contribution in [0.25, 0.3) is 10.7 Å². The molecule has 0 spiro atoms. The normalized spacial score (nSPS) is 12.5. The molecule has 9 nitrogen and oxygen atoms in total. The van der Waals surface area contributed by atoms with Gasteiger partial charge in [-0.2, -0.15) is 18.2 Å². The molecule has 0 saturated carbocycles. The van der Waals surface area contributed by atoms with Gasteiger partial charge in [0.1, 0.15) is 17.5 Å². The summed E-state index contributed by atoms with van der Waals surface area (Å²) in [6.07, 6.45) is 3.91. The second-order valence-corrected chi connectivity index (χ2v) is 8.22. The van der Waals surface area contributed by atoms with Crippen LogP contribution >= 0.6 is 11.3 Å². The lowest BCUT2D eigenvalue weighted by atomic mass is 10.2. The summed E-state index contributed by atoms with van der Waals surface area (Å²) in [5.41, 5.74) is 0.940. The minimum Gasteiger partial charge on any atom is -0.363 e. The second kappa shape index (κ2) is 10.3. The minimum absolute atomic E-state index is 0.0982. The van der Waals surface area contributed by atoms with E-state index < -0.39 is 12.1 Å². The molecule has 0 amide bonds. The number of hydrogen-bond donors (Lipinski definition) is 3. The predicted molar refractivity (Wildman–Crippen MR) is 118 cm³/mol. The number of anilines is 1. The van der Waals surface area contributed by atoms with Gasteiger partial charge >= 0.3 is 12.1 Å². The van der Waals surface area contributed by atoms with Crippen molar-refractivity contribution in [1.82, 2.24) is 30.3 Å². The van der Waals surface area contributed by atoms with Gasteiger partial charge in [-0.05, 0) is 19.1 Å². The SMILES string of the molecule is C/C(=C\NC(=CC(=N)N(C)C)Nc1cnccn1)Cc1ccc(-c2noc(C(F)(F)F)n2)s1. The Hall–Kier alpha value is -3.74. The Morgan fingerprint density at radius 3 is 2.70 bits per heavy atom. The number of thiophene rings is 1. The second-order valence-electron chi connectivity index (χ2n) is 7.05. The topological polar surface area (TPSA) is 116 Å². The van der Waals surface area contributed by atoms with Crippen LogP contribution in [0.1, 0.15) is 17.7 Å². The number of amidine groups is 1. The van der Waals surface area contributed by atoms with Crippen LogP contribution in [-0.2, 0) is 12.6 Å². The molecule has 3 heterocycles. The number of nitrogens with one attached hydrogen (secondary N) is 3. The van der Waals surface area contributed by atoms with Crippen molar-refractivity contribution in [2.45, 2.75) is 19.5 Å². The number of nitrogens with zero attached hydrogens (tertiary/aromatic N) is 5. The standard InChI is InChI=1S/C20H21F3N8OS/c1-12(8-13-4-5-14(33-13)18-29-19(32-30-18)20(21,22)23)10-27-16(9-15(24)31(2)3)28-17-11-25-6-7-26-17/h4-7,9-11,24,27H,8H2,1-3H3,(H,26,28)/b12-10+,16-9?,24-15?. The zero-order chi connectivity index (χ0) is 24.0. The zero-order valence-electron chi connectivity index (χ0n) is 17.9. The number of aromatic nitrogens is 4. The van der Waals surface area contributed by atoms with E-state index in [0.717, 1.165) is 10.5 Å². The largest absolute Gasteiger partial charge is 0.471 e. The third kappa shape index (κ3) is 6.87. The molecule has 3 N–H and O–H groups in total. The zero-order valence-corrected chi connectivity index (χ0v) is 18.8. The number of likely N-dealkylation sites (N-methyl/N-ethyl adjacent to an activating group) is 1. The summed E-state index contributed by atoms with van der Waals surface area (Å²) >= 11 is 1.28. The molecule has 3 rings (SSSR count). The van der Waals surface area contributed by atoms with Gasteiger partial charge in [0.15, 0.2) is 0 Å². The van der Waals surface area contributed by atoms with Gasteiger partial charge in [-0.25, -0.2) is 4.98 Å². The van der Waals surface area contributed by atoms with Crippen LogP contribution in [0.5, 0.6) is 0 Å². The third-order valence-corrected chi connectivity index (χ3v) is 5.15. The fraction of sp³-hybridized carbons (Fsp3) is 0.250. The van der Waals surface area contributed by atoms with Gasteiger partial charge in [-0.3, -0.25) is 10.4 Å². The van der Waals surface area contributed by atoms with E-state index in [1.165, 1.54) is 11.3 Å². The monoisotopic (exact) mass is 478 g/mol. The Kier molecular flexibility index (Phi) is 7.43. The van der Waals surface area contributed by atoms with Crippen molar-refractivity contribution < 1.29 is 17.7 Å². The van der Waals surface area contributed by atoms with Crippen molar-refractivity contribution in [3.63, 3.8) is 0 Å². The maximum absolute atomic E-state index is 12.7. The van der Waals surface area contributed by atoms with E-state index in [4.69, 9.17) is 5.41 Å². The van der Waals surface area contributed by atoms with Crippen LogP contribution in [0.15, 0.2) is 58.9 Å². The number of allylic oxidation sites excluding steroid dienone is 1. The van der Waals surface area contributed by atoms with Crippen molar-refractivity contribution in [1.29, 1.82) is 5.41 Å². The van der Waals surface area contributed by atoms with E-state index >= 15 is 0 Å². The smallest absolute Gasteiger partial charge is 0.363 e. The summed E-state index contributed by atoms with van der Waals surface area (Å²) < 4.78 is 42.3. The van der Waals surface area contributed by atoms with Crippen LogP contribution in [0.4, 0.5) is 19.0 Å². The maximum atomic E-state index is 12.7. The molecule has 0 bridgehead atoms. The van der Waals surface area contributed by atoms with E-state index in [1.807, 2.05) is 6.92 Å². The third-order valence-electron chi connectivity index (χ3n) is 4.07. The van der Waals surface area contributed by atoms with E-state index in [-0.39, 0.29) is 11.7 Å². The van der Waals surface area contributed by atoms with Crippen LogP contribution in [-0.4, -0.2) is 44.9 Å². The minimum atomic E-state index is -4.68. The number of alkyl halides is 3. The lowest BCUT2D eigenvalue weighted by molar-refractivity contribution is -0.159. The molecule has 0 aromatic carbocycles. The molecule has 33 heavy (non-hydrogen) atoms. The first-order chi connectivity index (χ1) is 15.6. The molecule has 0 aliphatic carbocycles. The Balaban J connectivity index is 1.69. The molecule has 0 aliphatic rings. The summed E-state index contributed by atoms with van der Waals surface area (Å²) in [7, 11) is 3.52. The molecule has 0 fully saturated rings. The number of halogens is 3. The Labute approximate surface area is 191 Å². The Morgan fingerprint density at radius 2 is 2.06 bits per heavy atom. The molecular formula is C20H21F3N8OS. The maximum Gasteiger partial charge on any atom is 0.471 e. The summed E-state index contributed by atoms with van der Waals surface area (Å²) in [5, 5.41) is 17.7. The van der Waals surface area contributed by atoms with Gasteiger partial charge in [0.25, 0.3) is 0 Å². The number of rotatable bonds is 8. The van der Waals surface area contributed by atoms with Crippen molar-refractivity contribution in [2.24, 2.45) is 0 Å². The number of hydrogen-bond acceptors (Lipinski definition) is 9. The lowest BCUT2D eigenvalue weighted by Crippen LogP contribution is -2.23. The highest BCUT2D eigenvalue weighted by molar-refractivity contribution is 7.15. The van der Waals surface area contributed by atoms with Gasteiger partial charge in [0.2, 0.25) is 5.82 Å². The van der Waals surface area contributed by atoms with Crippen LogP contribution in [0.2, 0.25) is 0 Å². The summed E-state index contributed by atoms with van der Waals surface area (Å²) in [6, 6.07) is 3.46. The first kappa shape index (κ1) is 23.9. The Morgan fingerprint density at radius 1 is 1.27 bits per heavy atom. The highest BCUT2D eigenvalue weighted by atomic mass is 32.1. The molecule has 0 radical (unpaired) electrons. The van der Waals surface area contributed by atoms with Crippen molar-refractivity contribution in [3.05, 3.63) is 65.2 Å². The molecule has 3 aromatic heterocycles. The molecule has 13 heteroatoms. The molecule has 0 atom stereocenters. The lowest BCUT2D eigenvalue weighted by Gasteiger charge is -2.14. The quantitative estimate of drug-likeness (QED) is 0.327. The fourth-order valence-electron chi connectivity index (χ4n) is 2.44. The van der Waals surface area contributed by atoms with Crippen LogP contribution < -0.4 is 10.6 Å². The molecule has 0 unspecified atom stereocenters. The Bertz CT molecular complexity index is 1150. The predicted octanol–water partition coefficient (Wildman–Crippen LogP) is 4.14. The first-order valence-corrected chi connectivity index (χ1v) is 10.4. The van der Waals surface area contributed by atoms with Gasteiger partial charge in [-0.1, -0.05) is 10.7 Å². The van der Waals surface area contributed by atoms with Crippen molar-refractivity contribution in [3.8, 4) is 10.7 Å². The summed E-state index contributed by atoms with van der Waals surface area (Å²) in [4.78, 5) is 14.6. The van der Waals surface area contributed by atoms with E-state index in [2.05, 4.69) is 35.3 Å². The summed E-state index contributed by atoms with van der Waals surface area (Å²) in [5.74, 6) is -0.173. The van der Waals surface area contributed by atoms with Gasteiger partial charge in [-0.15, -0.1) is 11.3 Å². The van der Waals surface area contributed by atoms with Crippen molar-refractivity contribution >= 4 is 23.0 Å². The molecule has 0 aliphatic heterocycles. The fourth-order valence-corrected chi connectivity index (χ4v) is 3.47. The van der Waals surface area contributed by atoms with E-state index in [0.29, 0.717) is 22.9 Å². The highest BCUT2D eigenvalue weighted by Crippen LogP contribution is 2.32.